The fraction of sp³-hybridized carbons (Fsp3) is 0.500. The van der Waals surface area contributed by atoms with Crippen LogP contribution in [-0.4, -0.2) is 31.9 Å². The summed E-state index contributed by atoms with van der Waals surface area (Å²) in [5.74, 6) is -0.0707. The zero-order valence-electron chi connectivity index (χ0n) is 19.5. The minimum absolute atomic E-state index is 0.154. The van der Waals surface area contributed by atoms with Gasteiger partial charge >= 0.3 is 6.18 Å². The second-order valence-corrected chi connectivity index (χ2v) is 10.6. The molecule has 2 aromatic heterocycles. The average molecular weight is 490 g/mol. The van der Waals surface area contributed by atoms with Crippen molar-refractivity contribution in [1.82, 2.24) is 10.3 Å². The quantitative estimate of drug-likeness (QED) is 0.427. The number of halogens is 3. The molecule has 0 saturated heterocycles. The lowest BCUT2D eigenvalue weighted by Gasteiger charge is -2.30. The molecule has 4 nitrogen and oxygen atoms in total. The van der Waals surface area contributed by atoms with E-state index in [9.17, 15) is 13.2 Å². The number of benzene rings is 1. The maximum atomic E-state index is 13.2. The summed E-state index contributed by atoms with van der Waals surface area (Å²) < 4.78 is 46.4. The van der Waals surface area contributed by atoms with Crippen molar-refractivity contribution in [3.63, 3.8) is 0 Å². The molecule has 1 aliphatic heterocycles. The van der Waals surface area contributed by atoms with E-state index in [0.29, 0.717) is 26.0 Å². The molecule has 1 N–H and O–H groups in total. The average Bonchev–Trinajstić information content (AvgIpc) is 3.21. The minimum atomic E-state index is -4.08. The molecule has 3 heterocycles. The molecule has 0 amide bonds. The van der Waals surface area contributed by atoms with Crippen LogP contribution in [-0.2, 0) is 6.54 Å². The van der Waals surface area contributed by atoms with Gasteiger partial charge in [0.15, 0.2) is 0 Å². The zero-order valence-corrected chi connectivity index (χ0v) is 20.3. The molecule has 1 fully saturated rings. The molecule has 34 heavy (non-hydrogen) atoms. The van der Waals surface area contributed by atoms with Crippen LogP contribution in [0.1, 0.15) is 60.1 Å². The molecule has 1 saturated carbocycles. The third-order valence-corrected chi connectivity index (χ3v) is 8.41. The van der Waals surface area contributed by atoms with E-state index in [0.717, 1.165) is 33.6 Å². The summed E-state index contributed by atoms with van der Waals surface area (Å²) >= 11 is 1.73. The second-order valence-electron chi connectivity index (χ2n) is 9.54. The summed E-state index contributed by atoms with van der Waals surface area (Å²) in [5.41, 5.74) is 4.39. The van der Waals surface area contributed by atoms with Crippen molar-refractivity contribution >= 4 is 27.2 Å². The van der Waals surface area contributed by atoms with E-state index in [2.05, 4.69) is 16.3 Å². The van der Waals surface area contributed by atoms with Crippen molar-refractivity contribution in [2.24, 2.45) is 5.92 Å². The Balaban J connectivity index is 1.41. The van der Waals surface area contributed by atoms with E-state index < -0.39 is 12.1 Å². The van der Waals surface area contributed by atoms with Gasteiger partial charge in [0.25, 0.3) is 0 Å². The molecule has 0 unspecified atom stereocenters. The molecular weight excluding hydrogens is 459 g/mol. The molecule has 0 spiro atoms. The molecule has 2 aliphatic rings. The molecule has 1 aliphatic carbocycles. The highest BCUT2D eigenvalue weighted by atomic mass is 32.1. The van der Waals surface area contributed by atoms with Crippen LogP contribution in [0.25, 0.3) is 10.2 Å². The van der Waals surface area contributed by atoms with Crippen LogP contribution in [0.2, 0.25) is 0 Å². The third-order valence-electron chi connectivity index (χ3n) is 7.19. The highest BCUT2D eigenvalue weighted by Gasteiger charge is 2.41. The Hall–Kier alpha value is -2.32. The van der Waals surface area contributed by atoms with Gasteiger partial charge in [-0.15, -0.1) is 11.3 Å². The van der Waals surface area contributed by atoms with Crippen molar-refractivity contribution in [1.29, 1.82) is 0 Å². The van der Waals surface area contributed by atoms with Crippen LogP contribution in [0.15, 0.2) is 36.5 Å². The topological polar surface area (TPSA) is 37.4 Å². The summed E-state index contributed by atoms with van der Waals surface area (Å²) in [4.78, 5) is 8.01. The smallest absolute Gasteiger partial charge is 0.391 e. The number of hydrogen-bond donors (Lipinski definition) is 1. The number of para-hydroxylation sites is 1. The van der Waals surface area contributed by atoms with Gasteiger partial charge in [-0.3, -0.25) is 4.98 Å². The van der Waals surface area contributed by atoms with E-state index in [1.54, 1.807) is 11.3 Å². The summed E-state index contributed by atoms with van der Waals surface area (Å²) in [6, 6.07) is 10.4. The largest absolute Gasteiger partial charge is 0.493 e. The van der Waals surface area contributed by atoms with Crippen LogP contribution >= 0.6 is 11.3 Å². The van der Waals surface area contributed by atoms with Gasteiger partial charge in [0, 0.05) is 49.7 Å². The predicted octanol–water partition coefficient (Wildman–Crippen LogP) is 6.81. The maximum Gasteiger partial charge on any atom is 0.391 e. The SMILES string of the molecule is CN(C)c1c(CN[C@H]2CCOc3ccccc32)sc2c(C3CCC(C(F)(F)F)CC3)ccnc12. The van der Waals surface area contributed by atoms with Crippen molar-refractivity contribution < 1.29 is 17.9 Å². The number of hydrogen-bond acceptors (Lipinski definition) is 5. The number of pyridine rings is 1. The Morgan fingerprint density at radius 1 is 1.06 bits per heavy atom. The van der Waals surface area contributed by atoms with Gasteiger partial charge in [0.05, 0.1) is 22.9 Å². The fourth-order valence-corrected chi connectivity index (χ4v) is 6.82. The van der Waals surface area contributed by atoms with Crippen molar-refractivity contribution in [3.05, 3.63) is 52.5 Å². The number of alkyl halides is 3. The summed E-state index contributed by atoms with van der Waals surface area (Å²) in [5, 5.41) is 3.72. The number of thiophene rings is 1. The van der Waals surface area contributed by atoms with Crippen LogP contribution in [0, 0.1) is 5.92 Å². The Labute approximate surface area is 202 Å². The van der Waals surface area contributed by atoms with E-state index >= 15 is 0 Å². The van der Waals surface area contributed by atoms with Gasteiger partial charge in [0.2, 0.25) is 0 Å². The van der Waals surface area contributed by atoms with Gasteiger partial charge in [-0.05, 0) is 49.3 Å². The number of nitrogens with one attached hydrogen (secondary N) is 1. The van der Waals surface area contributed by atoms with E-state index in [-0.39, 0.29) is 24.8 Å². The van der Waals surface area contributed by atoms with Gasteiger partial charge in [-0.2, -0.15) is 13.2 Å². The van der Waals surface area contributed by atoms with Gasteiger partial charge in [-0.1, -0.05) is 18.2 Å². The lowest BCUT2D eigenvalue weighted by molar-refractivity contribution is -0.182. The summed E-state index contributed by atoms with van der Waals surface area (Å²) in [6.07, 6.45) is 0.213. The Morgan fingerprint density at radius 3 is 2.56 bits per heavy atom. The molecule has 5 rings (SSSR count). The number of aromatic nitrogens is 1. The zero-order chi connectivity index (χ0) is 23.9. The highest BCUT2D eigenvalue weighted by molar-refractivity contribution is 7.20. The number of nitrogens with zero attached hydrogens (tertiary/aromatic N) is 2. The van der Waals surface area contributed by atoms with E-state index in [1.165, 1.54) is 10.4 Å². The summed E-state index contributed by atoms with van der Waals surface area (Å²) in [6.45, 7) is 1.39. The fourth-order valence-electron chi connectivity index (χ4n) is 5.45. The molecular formula is C26H30F3N3OS. The lowest BCUT2D eigenvalue weighted by atomic mass is 9.78. The number of ether oxygens (including phenoxy) is 1. The van der Waals surface area contributed by atoms with Crippen LogP contribution < -0.4 is 15.0 Å². The standard InChI is InChI=1S/C26H30F3N3OS/c1-32(2)24-22(15-31-20-12-14-33-21-6-4-3-5-19(20)21)34-25-18(11-13-30-23(24)25)16-7-9-17(10-8-16)26(27,28)29/h3-6,11,13,16-17,20,31H,7-10,12,14-15H2,1-2H3/t16?,17?,20-/m0/s1. The van der Waals surface area contributed by atoms with Gasteiger partial charge in [0.1, 0.15) is 11.3 Å². The first-order valence-electron chi connectivity index (χ1n) is 11.9. The number of fused-ring (bicyclic) bond motifs is 2. The van der Waals surface area contributed by atoms with Crippen LogP contribution in [0.5, 0.6) is 5.75 Å². The number of rotatable bonds is 5. The second kappa shape index (κ2) is 9.38. The van der Waals surface area contributed by atoms with Crippen molar-refractivity contribution in [3.8, 4) is 5.75 Å². The molecule has 8 heteroatoms. The molecule has 1 atom stereocenters. The van der Waals surface area contributed by atoms with E-state index in [4.69, 9.17) is 9.72 Å². The van der Waals surface area contributed by atoms with Gasteiger partial charge in [-0.25, -0.2) is 0 Å². The van der Waals surface area contributed by atoms with Crippen LogP contribution in [0.4, 0.5) is 18.9 Å². The Bertz CT molecular complexity index is 1150. The van der Waals surface area contributed by atoms with E-state index in [1.807, 2.05) is 44.6 Å². The Morgan fingerprint density at radius 2 is 1.82 bits per heavy atom. The highest BCUT2D eigenvalue weighted by Crippen LogP contribution is 2.47. The lowest BCUT2D eigenvalue weighted by Crippen LogP contribution is -2.27. The molecule has 3 aromatic rings. The molecule has 182 valence electrons. The van der Waals surface area contributed by atoms with Crippen molar-refractivity contribution in [2.45, 2.75) is 56.8 Å². The minimum Gasteiger partial charge on any atom is -0.493 e. The molecule has 0 radical (unpaired) electrons. The predicted molar refractivity (Wildman–Crippen MR) is 131 cm³/mol. The molecule has 0 bridgehead atoms. The normalized spacial score (nSPS) is 22.9. The first kappa shape index (κ1) is 23.4. The first-order valence-corrected chi connectivity index (χ1v) is 12.7. The first-order chi connectivity index (χ1) is 16.3. The maximum absolute atomic E-state index is 13.2. The Kier molecular flexibility index (Phi) is 6.46. The van der Waals surface area contributed by atoms with Crippen LogP contribution in [0.3, 0.4) is 0 Å². The number of anilines is 1. The third kappa shape index (κ3) is 4.50. The molecule has 1 aromatic carbocycles. The summed E-state index contributed by atoms with van der Waals surface area (Å²) in [7, 11) is 4.05. The van der Waals surface area contributed by atoms with Crippen molar-refractivity contribution in [2.75, 3.05) is 25.6 Å². The monoisotopic (exact) mass is 489 g/mol. The van der Waals surface area contributed by atoms with Gasteiger partial charge < -0.3 is 15.0 Å².